The van der Waals surface area contributed by atoms with Crippen molar-refractivity contribution >= 4 is 23.2 Å². The Hall–Kier alpha value is -1.40. The van der Waals surface area contributed by atoms with Crippen LogP contribution in [0.2, 0.25) is 0 Å². The van der Waals surface area contributed by atoms with Crippen LogP contribution in [0.5, 0.6) is 0 Å². The molecule has 2 heterocycles. The molecule has 2 rings (SSSR count). The highest BCUT2D eigenvalue weighted by molar-refractivity contribution is 7.08. The van der Waals surface area contributed by atoms with Gasteiger partial charge in [0.05, 0.1) is 11.6 Å². The van der Waals surface area contributed by atoms with Gasteiger partial charge in [0.1, 0.15) is 0 Å². The van der Waals surface area contributed by atoms with Gasteiger partial charge in [0, 0.05) is 31.6 Å². The lowest BCUT2D eigenvalue weighted by molar-refractivity contribution is -0.135. The number of amides is 2. The fraction of sp³-hybridized carbons (Fsp3) is 0.571. The molecular weight excluding hydrogens is 274 g/mol. The van der Waals surface area contributed by atoms with Gasteiger partial charge < -0.3 is 15.5 Å². The van der Waals surface area contributed by atoms with E-state index in [0.717, 1.165) is 5.56 Å². The first-order valence-corrected chi connectivity index (χ1v) is 7.81. The van der Waals surface area contributed by atoms with E-state index in [2.05, 4.69) is 0 Å². The van der Waals surface area contributed by atoms with E-state index in [1.165, 1.54) is 11.3 Å². The number of thiophene rings is 1. The Morgan fingerprint density at radius 2 is 1.80 bits per heavy atom. The largest absolute Gasteiger partial charge is 0.338 e. The van der Waals surface area contributed by atoms with Crippen LogP contribution in [0.25, 0.3) is 0 Å². The van der Waals surface area contributed by atoms with Gasteiger partial charge in [-0.1, -0.05) is 13.8 Å². The lowest BCUT2D eigenvalue weighted by Gasteiger charge is -2.36. The fourth-order valence-electron chi connectivity index (χ4n) is 2.19. The summed E-state index contributed by atoms with van der Waals surface area (Å²) in [6, 6.07) is 1.38. The molecule has 5 nitrogen and oxygen atoms in total. The molecule has 110 valence electrons. The first-order chi connectivity index (χ1) is 9.50. The molecule has 1 atom stereocenters. The van der Waals surface area contributed by atoms with Crippen molar-refractivity contribution in [3.63, 3.8) is 0 Å². The molecule has 6 heteroatoms. The lowest BCUT2D eigenvalue weighted by Crippen LogP contribution is -2.55. The topological polar surface area (TPSA) is 66.6 Å². The maximum absolute atomic E-state index is 12.2. The second-order valence-electron chi connectivity index (χ2n) is 5.40. The van der Waals surface area contributed by atoms with Crippen molar-refractivity contribution in [3.05, 3.63) is 22.4 Å². The van der Waals surface area contributed by atoms with Crippen molar-refractivity contribution in [1.29, 1.82) is 0 Å². The summed E-state index contributed by atoms with van der Waals surface area (Å²) in [7, 11) is 0. The zero-order chi connectivity index (χ0) is 14.7. The van der Waals surface area contributed by atoms with Crippen molar-refractivity contribution in [2.45, 2.75) is 19.9 Å². The highest BCUT2D eigenvalue weighted by Crippen LogP contribution is 2.13. The Morgan fingerprint density at radius 3 is 2.30 bits per heavy atom. The van der Waals surface area contributed by atoms with Gasteiger partial charge >= 0.3 is 0 Å². The van der Waals surface area contributed by atoms with E-state index in [-0.39, 0.29) is 17.7 Å². The minimum absolute atomic E-state index is 0.0115. The van der Waals surface area contributed by atoms with Crippen LogP contribution in [0.1, 0.15) is 24.2 Å². The van der Waals surface area contributed by atoms with E-state index >= 15 is 0 Å². The van der Waals surface area contributed by atoms with E-state index in [4.69, 9.17) is 5.73 Å². The highest BCUT2D eigenvalue weighted by atomic mass is 32.1. The predicted molar refractivity (Wildman–Crippen MR) is 79.6 cm³/mol. The molecule has 0 aromatic carbocycles. The van der Waals surface area contributed by atoms with Gasteiger partial charge in [0.15, 0.2) is 0 Å². The predicted octanol–water partition coefficient (Wildman–Crippen LogP) is 1.02. The molecule has 0 unspecified atom stereocenters. The van der Waals surface area contributed by atoms with Gasteiger partial charge in [-0.05, 0) is 17.4 Å². The number of nitrogens with two attached hydrogens (primary N) is 1. The van der Waals surface area contributed by atoms with Gasteiger partial charge in [-0.15, -0.1) is 0 Å². The monoisotopic (exact) mass is 295 g/mol. The maximum atomic E-state index is 12.2. The quantitative estimate of drug-likeness (QED) is 0.905. The average molecular weight is 295 g/mol. The third-order valence-corrected chi connectivity index (χ3v) is 4.33. The van der Waals surface area contributed by atoms with E-state index in [1.54, 1.807) is 9.80 Å². The van der Waals surface area contributed by atoms with E-state index < -0.39 is 6.04 Å². The molecule has 0 saturated carbocycles. The summed E-state index contributed by atoms with van der Waals surface area (Å²) in [5, 5.41) is 3.75. The summed E-state index contributed by atoms with van der Waals surface area (Å²) in [4.78, 5) is 27.9. The summed E-state index contributed by atoms with van der Waals surface area (Å²) in [6.07, 6.45) is 0. The van der Waals surface area contributed by atoms with E-state index in [0.29, 0.717) is 26.2 Å². The SMILES string of the molecule is CC(C)[C@H](N)C(=O)N1CCN(C(=O)c2ccsc2)CC1. The van der Waals surface area contributed by atoms with Gasteiger partial charge in [0.2, 0.25) is 5.91 Å². The van der Waals surface area contributed by atoms with Crippen molar-refractivity contribution < 1.29 is 9.59 Å². The summed E-state index contributed by atoms with van der Waals surface area (Å²) in [5.41, 5.74) is 6.62. The van der Waals surface area contributed by atoms with Gasteiger partial charge in [0.25, 0.3) is 5.91 Å². The summed E-state index contributed by atoms with van der Waals surface area (Å²) >= 11 is 1.52. The molecule has 2 amide bonds. The molecule has 1 aromatic rings. The van der Waals surface area contributed by atoms with Gasteiger partial charge in [-0.2, -0.15) is 11.3 Å². The molecule has 0 spiro atoms. The Bertz CT molecular complexity index is 465. The van der Waals surface area contributed by atoms with Crippen LogP contribution < -0.4 is 5.73 Å². The van der Waals surface area contributed by atoms with Crippen molar-refractivity contribution in [2.75, 3.05) is 26.2 Å². The minimum Gasteiger partial charge on any atom is -0.338 e. The number of carbonyl (C=O) groups is 2. The standard InChI is InChI=1S/C14H21N3O2S/c1-10(2)12(15)14(19)17-6-4-16(5-7-17)13(18)11-3-8-20-9-11/h3,8-10,12H,4-7,15H2,1-2H3/t12-/m0/s1. The number of rotatable bonds is 3. The van der Waals surface area contributed by atoms with Crippen molar-refractivity contribution in [1.82, 2.24) is 9.80 Å². The molecule has 1 aromatic heterocycles. The molecule has 0 aliphatic carbocycles. The van der Waals surface area contributed by atoms with Crippen LogP contribution in [-0.2, 0) is 4.79 Å². The van der Waals surface area contributed by atoms with Crippen LogP contribution in [-0.4, -0.2) is 53.8 Å². The summed E-state index contributed by atoms with van der Waals surface area (Å²) in [6.45, 7) is 6.17. The van der Waals surface area contributed by atoms with Gasteiger partial charge in [-0.3, -0.25) is 9.59 Å². The molecule has 1 fully saturated rings. The van der Waals surface area contributed by atoms with Crippen LogP contribution in [0.3, 0.4) is 0 Å². The number of hydrogen-bond donors (Lipinski definition) is 1. The van der Waals surface area contributed by atoms with E-state index in [1.807, 2.05) is 30.7 Å². The fourth-order valence-corrected chi connectivity index (χ4v) is 2.82. The van der Waals surface area contributed by atoms with Gasteiger partial charge in [-0.25, -0.2) is 0 Å². The Labute approximate surface area is 123 Å². The van der Waals surface area contributed by atoms with Crippen molar-refractivity contribution in [3.8, 4) is 0 Å². The number of hydrogen-bond acceptors (Lipinski definition) is 4. The third kappa shape index (κ3) is 3.19. The van der Waals surface area contributed by atoms with Crippen LogP contribution >= 0.6 is 11.3 Å². The normalized spacial score (nSPS) is 17.4. The minimum atomic E-state index is -0.450. The van der Waals surface area contributed by atoms with Crippen molar-refractivity contribution in [2.24, 2.45) is 11.7 Å². The van der Waals surface area contributed by atoms with Crippen LogP contribution in [0, 0.1) is 5.92 Å². The summed E-state index contributed by atoms with van der Waals surface area (Å²) in [5.74, 6) is 0.169. The number of nitrogens with zero attached hydrogens (tertiary/aromatic N) is 2. The average Bonchev–Trinajstić information content (AvgIpc) is 2.99. The molecule has 2 N–H and O–H groups in total. The second-order valence-corrected chi connectivity index (χ2v) is 6.18. The van der Waals surface area contributed by atoms with E-state index in [9.17, 15) is 9.59 Å². The zero-order valence-corrected chi connectivity index (χ0v) is 12.7. The molecule has 20 heavy (non-hydrogen) atoms. The molecule has 0 bridgehead atoms. The zero-order valence-electron chi connectivity index (χ0n) is 11.9. The first kappa shape index (κ1) is 15.0. The van der Waals surface area contributed by atoms with Crippen LogP contribution in [0.4, 0.5) is 0 Å². The smallest absolute Gasteiger partial charge is 0.254 e. The summed E-state index contributed by atoms with van der Waals surface area (Å²) < 4.78 is 0. The Balaban J connectivity index is 1.89. The molecule has 1 saturated heterocycles. The maximum Gasteiger partial charge on any atom is 0.254 e. The Kier molecular flexibility index (Phi) is 4.77. The van der Waals surface area contributed by atoms with Crippen LogP contribution in [0.15, 0.2) is 16.8 Å². The first-order valence-electron chi connectivity index (χ1n) is 6.86. The number of piperazine rings is 1. The third-order valence-electron chi connectivity index (χ3n) is 3.65. The number of carbonyl (C=O) groups excluding carboxylic acids is 2. The molecule has 0 radical (unpaired) electrons. The molecule has 1 aliphatic rings. The lowest BCUT2D eigenvalue weighted by atomic mass is 10.0. The molecule has 1 aliphatic heterocycles. The highest BCUT2D eigenvalue weighted by Gasteiger charge is 2.28. The Morgan fingerprint density at radius 1 is 1.20 bits per heavy atom. The second kappa shape index (κ2) is 6.37. The molecular formula is C14H21N3O2S.